The Labute approximate surface area is 54.2 Å². The second-order valence-corrected chi connectivity index (χ2v) is 1.93. The van der Waals surface area contributed by atoms with Crippen molar-refractivity contribution < 1.29 is 0 Å². The summed E-state index contributed by atoms with van der Waals surface area (Å²) in [6.07, 6.45) is 7.11. The maximum absolute atomic E-state index is 9.87. The summed E-state index contributed by atoms with van der Waals surface area (Å²) in [6.45, 7) is 1.97. The second kappa shape index (κ2) is 2.49. The molecule has 1 aliphatic rings. The van der Waals surface area contributed by atoms with Crippen LogP contribution in [0.4, 0.5) is 0 Å². The highest BCUT2D eigenvalue weighted by atomic mass is 16.4. The van der Waals surface area contributed by atoms with Gasteiger partial charge in [0.25, 0.3) is 0 Å². The highest BCUT2D eigenvalue weighted by Gasteiger charge is 1.96. The van der Waals surface area contributed by atoms with Gasteiger partial charge in [-0.2, -0.15) is 0 Å². The van der Waals surface area contributed by atoms with E-state index in [-0.39, 0.29) is 0 Å². The SMILES string of the molecule is C[C]1C=CC(=N[O-])C=C1. The van der Waals surface area contributed by atoms with Crippen molar-refractivity contribution in [3.8, 4) is 0 Å². The standard InChI is InChI=1S/C7H8NO/c1-6-2-4-7(8-9)5-3-6/h2-5,9H,1H3/p-1. The Bertz CT molecular complexity index is 163. The summed E-state index contributed by atoms with van der Waals surface area (Å²) in [7, 11) is 0. The molecule has 2 nitrogen and oxygen atoms in total. The van der Waals surface area contributed by atoms with Crippen LogP contribution in [0.2, 0.25) is 0 Å². The zero-order valence-electron chi connectivity index (χ0n) is 5.16. The number of nitrogens with zero attached hydrogens (tertiary/aromatic N) is 1. The predicted molar refractivity (Wildman–Crippen MR) is 38.0 cm³/mol. The zero-order valence-corrected chi connectivity index (χ0v) is 5.16. The Hall–Kier alpha value is -1.05. The van der Waals surface area contributed by atoms with Crippen molar-refractivity contribution in [2.24, 2.45) is 5.16 Å². The first kappa shape index (κ1) is 6.08. The Kier molecular flexibility index (Phi) is 1.68. The van der Waals surface area contributed by atoms with Gasteiger partial charge in [-0.1, -0.05) is 19.1 Å². The van der Waals surface area contributed by atoms with Crippen molar-refractivity contribution in [1.29, 1.82) is 0 Å². The predicted octanol–water partition coefficient (Wildman–Crippen LogP) is 1.65. The van der Waals surface area contributed by atoms with Gasteiger partial charge in [-0.15, -0.1) is 0 Å². The van der Waals surface area contributed by atoms with E-state index in [1.807, 2.05) is 19.1 Å². The van der Waals surface area contributed by atoms with Gasteiger partial charge in [-0.05, 0) is 12.2 Å². The molecule has 0 aromatic rings. The molecule has 1 radical (unpaired) electrons. The lowest BCUT2D eigenvalue weighted by Crippen LogP contribution is -1.94. The molecule has 0 heterocycles. The molecule has 0 aromatic carbocycles. The Morgan fingerprint density at radius 3 is 2.22 bits per heavy atom. The fraction of sp³-hybridized carbons (Fsp3) is 0.143. The van der Waals surface area contributed by atoms with Gasteiger partial charge in [0, 0.05) is 5.92 Å². The molecule has 1 aliphatic carbocycles. The van der Waals surface area contributed by atoms with Gasteiger partial charge in [-0.25, -0.2) is 0 Å². The minimum absolute atomic E-state index is 0.487. The topological polar surface area (TPSA) is 35.4 Å². The van der Waals surface area contributed by atoms with Crippen LogP contribution in [0.3, 0.4) is 0 Å². The van der Waals surface area contributed by atoms with E-state index in [2.05, 4.69) is 5.16 Å². The molecule has 2 heteroatoms. The van der Waals surface area contributed by atoms with Crippen molar-refractivity contribution in [2.75, 3.05) is 0 Å². The highest BCUT2D eigenvalue weighted by molar-refractivity contribution is 6.05. The average molecular weight is 121 g/mol. The molecule has 0 N–H and O–H groups in total. The van der Waals surface area contributed by atoms with E-state index in [0.717, 1.165) is 5.92 Å². The van der Waals surface area contributed by atoms with E-state index >= 15 is 0 Å². The first-order valence-electron chi connectivity index (χ1n) is 2.73. The lowest BCUT2D eigenvalue weighted by atomic mass is 10.1. The van der Waals surface area contributed by atoms with Crippen LogP contribution in [0.1, 0.15) is 6.92 Å². The molecule has 0 fully saturated rings. The summed E-state index contributed by atoms with van der Waals surface area (Å²) in [5, 5.41) is 12.6. The van der Waals surface area contributed by atoms with E-state index in [0.29, 0.717) is 5.71 Å². The summed E-state index contributed by atoms with van der Waals surface area (Å²) in [6, 6.07) is 0. The van der Waals surface area contributed by atoms with Crippen LogP contribution >= 0.6 is 0 Å². The van der Waals surface area contributed by atoms with E-state index in [4.69, 9.17) is 0 Å². The molecule has 0 atom stereocenters. The van der Waals surface area contributed by atoms with Crippen LogP contribution in [-0.2, 0) is 0 Å². The summed E-state index contributed by atoms with van der Waals surface area (Å²) < 4.78 is 0. The number of hydrogen-bond donors (Lipinski definition) is 0. The van der Waals surface area contributed by atoms with E-state index < -0.39 is 0 Å². The Morgan fingerprint density at radius 2 is 1.78 bits per heavy atom. The molecule has 47 valence electrons. The van der Waals surface area contributed by atoms with Crippen LogP contribution in [0.5, 0.6) is 0 Å². The van der Waals surface area contributed by atoms with Crippen LogP contribution in [0.25, 0.3) is 0 Å². The molecule has 0 unspecified atom stereocenters. The minimum atomic E-state index is 0.487. The molecule has 0 spiro atoms. The van der Waals surface area contributed by atoms with Gasteiger partial charge in [0.05, 0.1) is 5.71 Å². The van der Waals surface area contributed by atoms with Gasteiger partial charge >= 0.3 is 0 Å². The van der Waals surface area contributed by atoms with Crippen molar-refractivity contribution >= 4 is 5.71 Å². The summed E-state index contributed by atoms with van der Waals surface area (Å²) >= 11 is 0. The van der Waals surface area contributed by atoms with Crippen LogP contribution < -0.4 is 0 Å². The largest absolute Gasteiger partial charge is 0.792 e. The first-order chi connectivity index (χ1) is 4.33. The first-order valence-corrected chi connectivity index (χ1v) is 2.73. The minimum Gasteiger partial charge on any atom is -0.792 e. The molecule has 0 saturated heterocycles. The second-order valence-electron chi connectivity index (χ2n) is 1.93. The normalized spacial score (nSPS) is 18.6. The van der Waals surface area contributed by atoms with Crippen LogP contribution in [0, 0.1) is 11.1 Å². The molecular weight excluding hydrogens is 114 g/mol. The lowest BCUT2D eigenvalue weighted by Gasteiger charge is -2.04. The zero-order chi connectivity index (χ0) is 6.69. The lowest BCUT2D eigenvalue weighted by molar-refractivity contribution is 1.32. The van der Waals surface area contributed by atoms with Gasteiger partial charge in [0.15, 0.2) is 0 Å². The average Bonchev–Trinajstić information content (AvgIpc) is 1.90. The van der Waals surface area contributed by atoms with Crippen molar-refractivity contribution in [1.82, 2.24) is 0 Å². The third kappa shape index (κ3) is 1.42. The molecule has 1 rings (SSSR count). The summed E-state index contributed by atoms with van der Waals surface area (Å²) in [4.78, 5) is 0. The highest BCUT2D eigenvalue weighted by Crippen LogP contribution is 2.07. The molecule has 9 heavy (non-hydrogen) atoms. The van der Waals surface area contributed by atoms with Gasteiger partial charge in [0.1, 0.15) is 0 Å². The maximum atomic E-state index is 9.87. The van der Waals surface area contributed by atoms with Crippen molar-refractivity contribution in [3.05, 3.63) is 35.4 Å². The maximum Gasteiger partial charge on any atom is 0.0513 e. The fourth-order valence-corrected chi connectivity index (χ4v) is 0.606. The summed E-state index contributed by atoms with van der Waals surface area (Å²) in [5.74, 6) is 1.14. The van der Waals surface area contributed by atoms with Gasteiger partial charge in [-0.3, -0.25) is 0 Å². The molecular formula is C7H7NO-. The number of allylic oxidation sites excluding steroid dienone is 4. The Morgan fingerprint density at radius 1 is 1.22 bits per heavy atom. The van der Waals surface area contributed by atoms with E-state index in [9.17, 15) is 5.21 Å². The summed E-state index contributed by atoms with van der Waals surface area (Å²) in [5.41, 5.74) is 0.487. The molecule has 0 saturated carbocycles. The fourth-order valence-electron chi connectivity index (χ4n) is 0.606. The van der Waals surface area contributed by atoms with E-state index in [1.165, 1.54) is 0 Å². The molecule has 0 bridgehead atoms. The number of rotatable bonds is 0. The number of hydrogen-bond acceptors (Lipinski definition) is 2. The molecule has 0 aliphatic heterocycles. The van der Waals surface area contributed by atoms with Crippen molar-refractivity contribution in [2.45, 2.75) is 6.92 Å². The quantitative estimate of drug-likeness (QED) is 0.449. The monoisotopic (exact) mass is 121 g/mol. The third-order valence-electron chi connectivity index (χ3n) is 1.14. The van der Waals surface area contributed by atoms with Gasteiger partial charge < -0.3 is 10.4 Å². The van der Waals surface area contributed by atoms with E-state index in [1.54, 1.807) is 12.2 Å². The van der Waals surface area contributed by atoms with Crippen molar-refractivity contribution in [3.63, 3.8) is 0 Å². The van der Waals surface area contributed by atoms with Crippen LogP contribution in [0.15, 0.2) is 29.5 Å². The third-order valence-corrected chi connectivity index (χ3v) is 1.14. The molecule has 0 amide bonds. The van der Waals surface area contributed by atoms with Crippen LogP contribution in [-0.4, -0.2) is 5.71 Å². The Balaban J connectivity index is 2.70. The smallest absolute Gasteiger partial charge is 0.0513 e. The molecule has 0 aromatic heterocycles. The van der Waals surface area contributed by atoms with Gasteiger partial charge in [0.2, 0.25) is 0 Å².